The number of imidazole rings is 1. The standard InChI is InChI=1S/C27H19F3N4O/c1-35-26(25-15-33-17-34(25)16-19-4-2-18(13-31)3-5-19)23-11-6-20(14-32)12-24(23)21-7-9-22(10-8-21)27(28,29)30/h2-12,15,17,26H,16H2,1H3. The zero-order chi connectivity index (χ0) is 25.0. The van der Waals surface area contributed by atoms with Gasteiger partial charge in [0.2, 0.25) is 0 Å². The molecule has 4 aromatic rings. The Balaban J connectivity index is 1.75. The summed E-state index contributed by atoms with van der Waals surface area (Å²) in [6.07, 6.45) is -1.70. The first-order chi connectivity index (χ1) is 16.8. The summed E-state index contributed by atoms with van der Waals surface area (Å²) in [4.78, 5) is 4.27. The third-order valence-electron chi connectivity index (χ3n) is 5.67. The van der Waals surface area contributed by atoms with Crippen molar-refractivity contribution in [3.63, 3.8) is 0 Å². The van der Waals surface area contributed by atoms with Crippen LogP contribution in [0.25, 0.3) is 11.1 Å². The highest BCUT2D eigenvalue weighted by Crippen LogP contribution is 2.36. The molecule has 35 heavy (non-hydrogen) atoms. The molecule has 0 aliphatic carbocycles. The molecule has 1 unspecified atom stereocenters. The summed E-state index contributed by atoms with van der Waals surface area (Å²) in [5.41, 5.74) is 3.70. The van der Waals surface area contributed by atoms with Crippen molar-refractivity contribution in [2.45, 2.75) is 18.8 Å². The summed E-state index contributed by atoms with van der Waals surface area (Å²) in [6, 6.07) is 21.2. The largest absolute Gasteiger partial charge is 0.416 e. The highest BCUT2D eigenvalue weighted by molar-refractivity contribution is 5.70. The van der Waals surface area contributed by atoms with Crippen LogP contribution in [0.2, 0.25) is 0 Å². The SMILES string of the molecule is COC(c1ccc(C#N)cc1-c1ccc(C(F)(F)F)cc1)c1cncn1Cc1ccc(C#N)cc1. The van der Waals surface area contributed by atoms with Gasteiger partial charge in [0.05, 0.1) is 47.0 Å². The van der Waals surface area contributed by atoms with Gasteiger partial charge in [-0.25, -0.2) is 4.98 Å². The molecule has 0 radical (unpaired) electrons. The number of aromatic nitrogens is 2. The lowest BCUT2D eigenvalue weighted by Gasteiger charge is -2.22. The lowest BCUT2D eigenvalue weighted by Crippen LogP contribution is -2.12. The molecule has 0 fully saturated rings. The van der Waals surface area contributed by atoms with Crippen molar-refractivity contribution < 1.29 is 17.9 Å². The molecule has 0 amide bonds. The van der Waals surface area contributed by atoms with E-state index in [1.165, 1.54) is 12.1 Å². The van der Waals surface area contributed by atoms with Gasteiger partial charge in [-0.05, 0) is 58.7 Å². The second-order valence-electron chi connectivity index (χ2n) is 7.86. The molecule has 0 aliphatic rings. The molecular formula is C27H19F3N4O. The van der Waals surface area contributed by atoms with Crippen molar-refractivity contribution >= 4 is 0 Å². The molecule has 0 aliphatic heterocycles. The molecule has 0 saturated heterocycles. The van der Waals surface area contributed by atoms with E-state index in [-0.39, 0.29) is 0 Å². The maximum Gasteiger partial charge on any atom is 0.416 e. The van der Waals surface area contributed by atoms with E-state index in [9.17, 15) is 18.4 Å². The minimum Gasteiger partial charge on any atom is -0.370 e. The van der Waals surface area contributed by atoms with Crippen LogP contribution in [-0.2, 0) is 17.5 Å². The lowest BCUT2D eigenvalue weighted by molar-refractivity contribution is -0.137. The third kappa shape index (κ3) is 5.08. The summed E-state index contributed by atoms with van der Waals surface area (Å²) in [7, 11) is 1.54. The van der Waals surface area contributed by atoms with Gasteiger partial charge >= 0.3 is 6.18 Å². The number of alkyl halides is 3. The highest BCUT2D eigenvalue weighted by Gasteiger charge is 2.30. The van der Waals surface area contributed by atoms with E-state index < -0.39 is 17.8 Å². The smallest absolute Gasteiger partial charge is 0.370 e. The van der Waals surface area contributed by atoms with Gasteiger partial charge in [0, 0.05) is 13.7 Å². The molecule has 1 aromatic heterocycles. The van der Waals surface area contributed by atoms with E-state index in [0.717, 1.165) is 23.4 Å². The molecule has 0 N–H and O–H groups in total. The molecule has 5 nitrogen and oxygen atoms in total. The number of ether oxygens (including phenoxy) is 1. The van der Waals surface area contributed by atoms with E-state index >= 15 is 0 Å². The van der Waals surface area contributed by atoms with Gasteiger partial charge in [-0.15, -0.1) is 0 Å². The molecule has 4 rings (SSSR count). The Kier molecular flexibility index (Phi) is 6.68. The number of halogens is 3. The van der Waals surface area contributed by atoms with Crippen LogP contribution < -0.4 is 0 Å². The first-order valence-electron chi connectivity index (χ1n) is 10.6. The summed E-state index contributed by atoms with van der Waals surface area (Å²) in [6.45, 7) is 0.479. The van der Waals surface area contributed by atoms with E-state index in [0.29, 0.717) is 34.4 Å². The minimum absolute atomic E-state index is 0.379. The zero-order valence-corrected chi connectivity index (χ0v) is 18.6. The fourth-order valence-electron chi connectivity index (χ4n) is 3.91. The van der Waals surface area contributed by atoms with Crippen LogP contribution in [0.1, 0.15) is 39.6 Å². The Bertz CT molecular complexity index is 1410. The molecule has 0 spiro atoms. The van der Waals surface area contributed by atoms with Crippen molar-refractivity contribution in [1.29, 1.82) is 10.5 Å². The molecule has 0 saturated carbocycles. The highest BCUT2D eigenvalue weighted by atomic mass is 19.4. The maximum absolute atomic E-state index is 13.1. The Hall–Kier alpha value is -4.40. The molecule has 1 atom stereocenters. The molecular weight excluding hydrogens is 453 g/mol. The lowest BCUT2D eigenvalue weighted by atomic mass is 9.92. The Morgan fingerprint density at radius 1 is 0.943 bits per heavy atom. The van der Waals surface area contributed by atoms with Gasteiger partial charge in [-0.3, -0.25) is 0 Å². The Morgan fingerprint density at radius 2 is 1.60 bits per heavy atom. The first kappa shape index (κ1) is 23.7. The van der Waals surface area contributed by atoms with Crippen LogP contribution in [0.5, 0.6) is 0 Å². The number of nitrogens with zero attached hydrogens (tertiary/aromatic N) is 4. The molecule has 1 heterocycles. The monoisotopic (exact) mass is 472 g/mol. The molecule has 3 aromatic carbocycles. The van der Waals surface area contributed by atoms with Crippen molar-refractivity contribution in [2.24, 2.45) is 0 Å². The minimum atomic E-state index is -4.44. The van der Waals surface area contributed by atoms with Crippen molar-refractivity contribution in [2.75, 3.05) is 7.11 Å². The van der Waals surface area contributed by atoms with E-state index in [1.807, 2.05) is 16.7 Å². The van der Waals surface area contributed by atoms with E-state index in [2.05, 4.69) is 17.1 Å². The Labute approximate surface area is 200 Å². The summed E-state index contributed by atoms with van der Waals surface area (Å²) in [5, 5.41) is 18.4. The van der Waals surface area contributed by atoms with Crippen LogP contribution in [0, 0.1) is 22.7 Å². The van der Waals surface area contributed by atoms with Crippen LogP contribution in [0.3, 0.4) is 0 Å². The summed E-state index contributed by atoms with van der Waals surface area (Å²) >= 11 is 0. The van der Waals surface area contributed by atoms with E-state index in [1.54, 1.807) is 50.0 Å². The fraction of sp³-hybridized carbons (Fsp3) is 0.148. The second-order valence-corrected chi connectivity index (χ2v) is 7.86. The fourth-order valence-corrected chi connectivity index (χ4v) is 3.91. The predicted octanol–water partition coefficient (Wildman–Crippen LogP) is 6.10. The number of rotatable bonds is 6. The van der Waals surface area contributed by atoms with E-state index in [4.69, 9.17) is 10.00 Å². The molecule has 0 bridgehead atoms. The summed E-state index contributed by atoms with van der Waals surface area (Å²) in [5.74, 6) is 0. The van der Waals surface area contributed by atoms with Gasteiger partial charge in [-0.1, -0.05) is 30.3 Å². The van der Waals surface area contributed by atoms with Crippen LogP contribution in [0.15, 0.2) is 79.3 Å². The molecule has 8 heteroatoms. The average molecular weight is 472 g/mol. The van der Waals surface area contributed by atoms with Crippen molar-refractivity contribution in [3.05, 3.63) is 113 Å². The first-order valence-corrected chi connectivity index (χ1v) is 10.6. The second kappa shape index (κ2) is 9.84. The van der Waals surface area contributed by atoms with Crippen molar-refractivity contribution in [3.8, 4) is 23.3 Å². The number of hydrogen-bond acceptors (Lipinski definition) is 4. The maximum atomic E-state index is 13.1. The normalized spacial score (nSPS) is 12.1. The number of benzene rings is 3. The third-order valence-corrected chi connectivity index (χ3v) is 5.67. The van der Waals surface area contributed by atoms with Gasteiger partial charge in [0.25, 0.3) is 0 Å². The van der Waals surface area contributed by atoms with Gasteiger partial charge < -0.3 is 9.30 Å². The Morgan fingerprint density at radius 3 is 2.20 bits per heavy atom. The zero-order valence-electron chi connectivity index (χ0n) is 18.6. The van der Waals surface area contributed by atoms with Crippen LogP contribution in [-0.4, -0.2) is 16.7 Å². The number of methoxy groups -OCH3 is 1. The predicted molar refractivity (Wildman–Crippen MR) is 123 cm³/mol. The topological polar surface area (TPSA) is 74.6 Å². The quantitative estimate of drug-likeness (QED) is 0.340. The van der Waals surface area contributed by atoms with Gasteiger partial charge in [0.1, 0.15) is 6.10 Å². The van der Waals surface area contributed by atoms with Crippen LogP contribution in [0.4, 0.5) is 13.2 Å². The average Bonchev–Trinajstić information content (AvgIpc) is 3.32. The van der Waals surface area contributed by atoms with Gasteiger partial charge in [0.15, 0.2) is 0 Å². The summed E-state index contributed by atoms with van der Waals surface area (Å²) < 4.78 is 46.9. The van der Waals surface area contributed by atoms with Gasteiger partial charge in [-0.2, -0.15) is 23.7 Å². The number of hydrogen-bond donors (Lipinski definition) is 0. The van der Waals surface area contributed by atoms with Crippen LogP contribution >= 0.6 is 0 Å². The van der Waals surface area contributed by atoms with Crippen molar-refractivity contribution in [1.82, 2.24) is 9.55 Å². The molecule has 174 valence electrons. The number of nitriles is 2.